The van der Waals surface area contributed by atoms with Crippen LogP contribution < -0.4 is 0 Å². The van der Waals surface area contributed by atoms with Gasteiger partial charge >= 0.3 is 5.97 Å². The summed E-state index contributed by atoms with van der Waals surface area (Å²) >= 11 is 0. The minimum absolute atomic E-state index is 0.149. The zero-order valence-corrected chi connectivity index (χ0v) is 12.3. The fourth-order valence-corrected chi connectivity index (χ4v) is 4.32. The predicted octanol–water partition coefficient (Wildman–Crippen LogP) is 1.65. The van der Waals surface area contributed by atoms with Crippen LogP contribution >= 0.6 is 0 Å². The quantitative estimate of drug-likeness (QED) is 0.853. The first kappa shape index (κ1) is 14.3. The Morgan fingerprint density at radius 1 is 1.40 bits per heavy atom. The largest absolute Gasteiger partial charge is 0.480 e. The van der Waals surface area contributed by atoms with Crippen LogP contribution in [0.3, 0.4) is 0 Å². The second-order valence-electron chi connectivity index (χ2n) is 6.47. The van der Waals surface area contributed by atoms with Crippen molar-refractivity contribution >= 4 is 5.97 Å². The molecule has 3 heterocycles. The lowest BCUT2D eigenvalue weighted by Crippen LogP contribution is -2.58. The molecule has 5 heteroatoms. The Morgan fingerprint density at radius 3 is 2.90 bits per heavy atom. The zero-order valence-electron chi connectivity index (χ0n) is 12.3. The van der Waals surface area contributed by atoms with Crippen molar-refractivity contribution in [2.24, 2.45) is 0 Å². The lowest BCUT2D eigenvalue weighted by molar-refractivity contribution is -0.157. The molecule has 0 radical (unpaired) electrons. The van der Waals surface area contributed by atoms with Gasteiger partial charge in [-0.3, -0.25) is 9.69 Å². The van der Waals surface area contributed by atoms with E-state index in [9.17, 15) is 9.90 Å². The molecule has 3 rings (SSSR count). The van der Waals surface area contributed by atoms with Gasteiger partial charge in [0.15, 0.2) is 0 Å². The van der Waals surface area contributed by atoms with E-state index >= 15 is 0 Å². The van der Waals surface area contributed by atoms with Crippen molar-refractivity contribution in [3.63, 3.8) is 0 Å². The number of ether oxygens (including phenoxy) is 2. The molecule has 1 N–H and O–H groups in total. The highest BCUT2D eigenvalue weighted by Gasteiger charge is 2.52. The van der Waals surface area contributed by atoms with E-state index in [0.29, 0.717) is 19.1 Å². The number of carbonyl (C=O) groups is 1. The molecule has 3 aliphatic rings. The van der Waals surface area contributed by atoms with Crippen LogP contribution in [0.5, 0.6) is 0 Å². The third-order valence-corrected chi connectivity index (χ3v) is 5.50. The van der Waals surface area contributed by atoms with Crippen LogP contribution in [0.15, 0.2) is 0 Å². The van der Waals surface area contributed by atoms with Gasteiger partial charge in [0.25, 0.3) is 0 Å². The minimum Gasteiger partial charge on any atom is -0.480 e. The summed E-state index contributed by atoms with van der Waals surface area (Å²) in [5.41, 5.74) is -0.799. The van der Waals surface area contributed by atoms with E-state index < -0.39 is 11.5 Å². The second kappa shape index (κ2) is 5.28. The smallest absolute Gasteiger partial charge is 0.324 e. The van der Waals surface area contributed by atoms with Crippen LogP contribution in [0.1, 0.15) is 45.4 Å². The molecule has 0 bridgehead atoms. The van der Waals surface area contributed by atoms with Gasteiger partial charge in [0.2, 0.25) is 0 Å². The maximum atomic E-state index is 11.8. The molecule has 3 unspecified atom stereocenters. The van der Waals surface area contributed by atoms with Crippen LogP contribution in [0.4, 0.5) is 0 Å². The van der Waals surface area contributed by atoms with E-state index in [1.54, 1.807) is 0 Å². The summed E-state index contributed by atoms with van der Waals surface area (Å²) in [5, 5.41) is 9.72. The van der Waals surface area contributed by atoms with E-state index in [4.69, 9.17) is 9.47 Å². The molecule has 5 nitrogen and oxygen atoms in total. The van der Waals surface area contributed by atoms with Gasteiger partial charge in [0.1, 0.15) is 5.54 Å². The third kappa shape index (κ3) is 2.16. The zero-order chi connectivity index (χ0) is 14.2. The van der Waals surface area contributed by atoms with E-state index in [2.05, 4.69) is 4.90 Å². The summed E-state index contributed by atoms with van der Waals surface area (Å²) in [6, 6.07) is 0.323. The molecule has 1 spiro atoms. The molecular weight excluding hydrogens is 258 g/mol. The maximum absolute atomic E-state index is 11.8. The van der Waals surface area contributed by atoms with Gasteiger partial charge in [-0.05, 0) is 38.6 Å². The molecule has 3 aliphatic heterocycles. The average Bonchev–Trinajstić information content (AvgIpc) is 3.06. The predicted molar refractivity (Wildman–Crippen MR) is 73.7 cm³/mol. The molecule has 0 saturated carbocycles. The molecule has 3 saturated heterocycles. The van der Waals surface area contributed by atoms with E-state index in [1.807, 2.05) is 6.92 Å². The number of carboxylic acids is 1. The molecular formula is C15H25NO4. The van der Waals surface area contributed by atoms with Gasteiger partial charge in [0.05, 0.1) is 12.2 Å². The van der Waals surface area contributed by atoms with Crippen LogP contribution in [0, 0.1) is 0 Å². The number of nitrogens with zero attached hydrogens (tertiary/aromatic N) is 1. The number of carboxylic acid groups (broad SMARTS) is 1. The van der Waals surface area contributed by atoms with Crippen LogP contribution in [-0.4, -0.2) is 59.5 Å². The fraction of sp³-hybridized carbons (Fsp3) is 0.933. The Labute approximate surface area is 120 Å². The highest BCUT2D eigenvalue weighted by molar-refractivity contribution is 5.79. The number of aliphatic carboxylic acids is 1. The Balaban J connectivity index is 1.79. The van der Waals surface area contributed by atoms with Crippen molar-refractivity contribution in [2.45, 2.75) is 62.6 Å². The van der Waals surface area contributed by atoms with Gasteiger partial charge in [-0.2, -0.15) is 0 Å². The lowest BCUT2D eigenvalue weighted by atomic mass is 9.85. The van der Waals surface area contributed by atoms with Crippen molar-refractivity contribution < 1.29 is 19.4 Å². The first-order valence-corrected chi connectivity index (χ1v) is 7.84. The molecule has 20 heavy (non-hydrogen) atoms. The van der Waals surface area contributed by atoms with Crippen LogP contribution in [0.2, 0.25) is 0 Å². The Hall–Kier alpha value is -0.650. The van der Waals surface area contributed by atoms with E-state index in [-0.39, 0.29) is 5.60 Å². The monoisotopic (exact) mass is 283 g/mol. The molecule has 0 aliphatic carbocycles. The molecule has 3 fully saturated rings. The normalized spacial score (nSPS) is 42.4. The molecule has 0 amide bonds. The molecule has 114 valence electrons. The highest BCUT2D eigenvalue weighted by Crippen LogP contribution is 2.41. The second-order valence-corrected chi connectivity index (χ2v) is 6.47. The molecule has 0 aromatic carbocycles. The Kier molecular flexibility index (Phi) is 3.77. The molecule has 0 aromatic rings. The summed E-state index contributed by atoms with van der Waals surface area (Å²) in [7, 11) is 0. The first-order valence-electron chi connectivity index (χ1n) is 7.84. The Bertz CT molecular complexity index is 380. The van der Waals surface area contributed by atoms with Crippen molar-refractivity contribution in [3.8, 4) is 0 Å². The maximum Gasteiger partial charge on any atom is 0.324 e. The van der Waals surface area contributed by atoms with Gasteiger partial charge in [-0.25, -0.2) is 0 Å². The van der Waals surface area contributed by atoms with E-state index in [0.717, 1.165) is 51.9 Å². The number of hydrogen-bond donors (Lipinski definition) is 1. The standard InChI is InChI=1S/C15H25NO4/c1-2-15(13(17)18)5-3-7-16(15)12-4-8-20-14(10-12)6-9-19-11-14/h12H,2-11H2,1H3,(H,17,18). The van der Waals surface area contributed by atoms with Crippen molar-refractivity contribution in [1.82, 2.24) is 4.90 Å². The van der Waals surface area contributed by atoms with Crippen molar-refractivity contribution in [3.05, 3.63) is 0 Å². The van der Waals surface area contributed by atoms with Crippen molar-refractivity contribution in [2.75, 3.05) is 26.4 Å². The van der Waals surface area contributed by atoms with Gasteiger partial charge in [-0.1, -0.05) is 6.92 Å². The van der Waals surface area contributed by atoms with Crippen molar-refractivity contribution in [1.29, 1.82) is 0 Å². The summed E-state index contributed by atoms with van der Waals surface area (Å²) in [4.78, 5) is 14.1. The average molecular weight is 283 g/mol. The first-order chi connectivity index (χ1) is 9.62. The number of rotatable bonds is 3. The van der Waals surface area contributed by atoms with Gasteiger partial charge in [-0.15, -0.1) is 0 Å². The topological polar surface area (TPSA) is 59.0 Å². The lowest BCUT2D eigenvalue weighted by Gasteiger charge is -2.46. The molecule has 3 atom stereocenters. The van der Waals surface area contributed by atoms with Crippen LogP contribution in [0.25, 0.3) is 0 Å². The number of likely N-dealkylation sites (tertiary alicyclic amines) is 1. The van der Waals surface area contributed by atoms with Gasteiger partial charge in [0, 0.05) is 25.7 Å². The van der Waals surface area contributed by atoms with Crippen LogP contribution in [-0.2, 0) is 14.3 Å². The summed E-state index contributed by atoms with van der Waals surface area (Å²) in [6.07, 6.45) is 5.26. The summed E-state index contributed by atoms with van der Waals surface area (Å²) in [5.74, 6) is -0.652. The summed E-state index contributed by atoms with van der Waals surface area (Å²) < 4.78 is 11.5. The molecule has 0 aromatic heterocycles. The van der Waals surface area contributed by atoms with E-state index in [1.165, 1.54) is 0 Å². The Morgan fingerprint density at radius 2 is 2.25 bits per heavy atom. The number of hydrogen-bond acceptors (Lipinski definition) is 4. The SMILES string of the molecule is CCC1(C(=O)O)CCCN1C1CCOC2(CCOC2)C1. The van der Waals surface area contributed by atoms with Gasteiger partial charge < -0.3 is 14.6 Å². The summed E-state index contributed by atoms with van der Waals surface area (Å²) in [6.45, 7) is 5.07. The minimum atomic E-state index is -0.652. The fourth-order valence-electron chi connectivity index (χ4n) is 4.32. The third-order valence-electron chi connectivity index (χ3n) is 5.50. The highest BCUT2D eigenvalue weighted by atomic mass is 16.6.